The van der Waals surface area contributed by atoms with Crippen LogP contribution in [-0.2, 0) is 0 Å². The fourth-order valence-corrected chi connectivity index (χ4v) is 3.41. The second-order valence-electron chi connectivity index (χ2n) is 5.58. The summed E-state index contributed by atoms with van der Waals surface area (Å²) in [4.78, 5) is 2.69. The quantitative estimate of drug-likeness (QED) is 0.754. The van der Waals surface area contributed by atoms with Crippen molar-refractivity contribution in [1.29, 1.82) is 0 Å². The molecule has 1 aliphatic heterocycles. The van der Waals surface area contributed by atoms with Gasteiger partial charge in [-0.05, 0) is 26.2 Å². The van der Waals surface area contributed by atoms with E-state index in [2.05, 4.69) is 29.0 Å². The third-order valence-corrected chi connectivity index (χ3v) is 4.47. The molecule has 1 saturated heterocycles. The summed E-state index contributed by atoms with van der Waals surface area (Å²) < 4.78 is 0. The average molecular weight is 234 g/mol. The lowest BCUT2D eigenvalue weighted by Crippen LogP contribution is -2.63. The summed E-state index contributed by atoms with van der Waals surface area (Å²) in [5, 5.41) is 3.84. The lowest BCUT2D eigenvalue weighted by atomic mass is 9.91. The number of piperazine rings is 1. The fourth-order valence-electron chi connectivity index (χ4n) is 3.41. The van der Waals surface area contributed by atoms with Crippen LogP contribution < -0.4 is 5.32 Å². The van der Waals surface area contributed by atoms with Crippen molar-refractivity contribution in [3.8, 4) is 11.8 Å². The van der Waals surface area contributed by atoms with Crippen molar-refractivity contribution >= 4 is 0 Å². The van der Waals surface area contributed by atoms with Crippen LogP contribution in [0.25, 0.3) is 0 Å². The van der Waals surface area contributed by atoms with E-state index in [-0.39, 0.29) is 0 Å². The lowest BCUT2D eigenvalue weighted by molar-refractivity contribution is 0.0805. The molecule has 1 aliphatic carbocycles. The maximum atomic E-state index is 3.84. The summed E-state index contributed by atoms with van der Waals surface area (Å²) in [6.07, 6.45) is 7.85. The first-order chi connectivity index (χ1) is 8.29. The summed E-state index contributed by atoms with van der Waals surface area (Å²) >= 11 is 0. The Morgan fingerprint density at radius 1 is 1.35 bits per heavy atom. The Morgan fingerprint density at radius 3 is 2.76 bits per heavy atom. The number of nitrogens with one attached hydrogen (secondary N) is 1. The Bertz CT molecular complexity index is 294. The SMILES string of the molecule is CC#CCCN1CC2(CCCC2)NCC1CC. The van der Waals surface area contributed by atoms with Gasteiger partial charge in [0.25, 0.3) is 0 Å². The molecule has 0 amide bonds. The van der Waals surface area contributed by atoms with Gasteiger partial charge >= 0.3 is 0 Å². The van der Waals surface area contributed by atoms with Gasteiger partial charge in [-0.1, -0.05) is 19.8 Å². The van der Waals surface area contributed by atoms with E-state index in [4.69, 9.17) is 0 Å². The maximum absolute atomic E-state index is 3.84. The summed E-state index contributed by atoms with van der Waals surface area (Å²) in [5.74, 6) is 6.22. The lowest BCUT2D eigenvalue weighted by Gasteiger charge is -2.46. The van der Waals surface area contributed by atoms with E-state index in [9.17, 15) is 0 Å². The first-order valence-electron chi connectivity index (χ1n) is 7.18. The molecule has 2 nitrogen and oxygen atoms in total. The smallest absolute Gasteiger partial charge is 0.0309 e. The largest absolute Gasteiger partial charge is 0.308 e. The van der Waals surface area contributed by atoms with Crippen LogP contribution in [0.4, 0.5) is 0 Å². The zero-order chi connectivity index (χ0) is 12.1. The van der Waals surface area contributed by atoms with Crippen LogP contribution in [0.2, 0.25) is 0 Å². The van der Waals surface area contributed by atoms with Crippen molar-refractivity contribution in [3.05, 3.63) is 0 Å². The Balaban J connectivity index is 1.94. The highest BCUT2D eigenvalue weighted by Crippen LogP contribution is 2.33. The number of rotatable bonds is 3. The molecule has 1 unspecified atom stereocenters. The third-order valence-electron chi connectivity index (χ3n) is 4.47. The predicted octanol–water partition coefficient (Wildman–Crippen LogP) is 2.40. The van der Waals surface area contributed by atoms with Crippen LogP contribution in [0.1, 0.15) is 52.4 Å². The predicted molar refractivity (Wildman–Crippen MR) is 72.9 cm³/mol. The molecule has 2 aliphatic rings. The van der Waals surface area contributed by atoms with Crippen LogP contribution in [0, 0.1) is 11.8 Å². The number of nitrogens with zero attached hydrogens (tertiary/aromatic N) is 1. The van der Waals surface area contributed by atoms with Crippen molar-refractivity contribution in [2.24, 2.45) is 0 Å². The zero-order valence-corrected chi connectivity index (χ0v) is 11.4. The van der Waals surface area contributed by atoms with Gasteiger partial charge in [0.2, 0.25) is 0 Å². The van der Waals surface area contributed by atoms with Gasteiger partial charge in [0, 0.05) is 37.6 Å². The molecule has 1 N–H and O–H groups in total. The second-order valence-corrected chi connectivity index (χ2v) is 5.58. The molecule has 2 rings (SSSR count). The normalized spacial score (nSPS) is 28.0. The van der Waals surface area contributed by atoms with Gasteiger partial charge in [-0.3, -0.25) is 4.90 Å². The van der Waals surface area contributed by atoms with Crippen LogP contribution in [0.15, 0.2) is 0 Å². The summed E-state index contributed by atoms with van der Waals surface area (Å²) in [5.41, 5.74) is 0.450. The molecule has 0 aromatic heterocycles. The van der Waals surface area contributed by atoms with Gasteiger partial charge in [0.1, 0.15) is 0 Å². The van der Waals surface area contributed by atoms with E-state index in [1.54, 1.807) is 0 Å². The highest BCUT2D eigenvalue weighted by molar-refractivity contribution is 5.02. The van der Waals surface area contributed by atoms with Crippen molar-refractivity contribution in [1.82, 2.24) is 10.2 Å². The van der Waals surface area contributed by atoms with E-state index < -0.39 is 0 Å². The van der Waals surface area contributed by atoms with E-state index in [1.165, 1.54) is 45.2 Å². The third kappa shape index (κ3) is 3.03. The Hall–Kier alpha value is -0.520. The van der Waals surface area contributed by atoms with Gasteiger partial charge in [-0.25, -0.2) is 0 Å². The molecule has 0 aromatic carbocycles. The van der Waals surface area contributed by atoms with Crippen LogP contribution in [0.3, 0.4) is 0 Å². The molecule has 1 heterocycles. The van der Waals surface area contributed by atoms with Crippen LogP contribution in [0.5, 0.6) is 0 Å². The van der Waals surface area contributed by atoms with Crippen LogP contribution in [-0.4, -0.2) is 36.1 Å². The first-order valence-corrected chi connectivity index (χ1v) is 7.18. The molecule has 0 radical (unpaired) electrons. The summed E-state index contributed by atoms with van der Waals surface area (Å²) in [6.45, 7) is 7.82. The molecule has 17 heavy (non-hydrogen) atoms. The van der Waals surface area contributed by atoms with Gasteiger partial charge < -0.3 is 5.32 Å². The maximum Gasteiger partial charge on any atom is 0.0309 e. The molecule has 1 spiro atoms. The molecule has 1 atom stereocenters. The Morgan fingerprint density at radius 2 is 2.12 bits per heavy atom. The van der Waals surface area contributed by atoms with Crippen molar-refractivity contribution in [2.75, 3.05) is 19.6 Å². The molecule has 0 bridgehead atoms. The average Bonchev–Trinajstić information content (AvgIpc) is 2.78. The van der Waals surface area contributed by atoms with Crippen LogP contribution >= 0.6 is 0 Å². The van der Waals surface area contributed by atoms with E-state index >= 15 is 0 Å². The Kier molecular flexibility index (Phi) is 4.48. The zero-order valence-electron chi connectivity index (χ0n) is 11.4. The molecule has 0 aromatic rings. The molecule has 96 valence electrons. The van der Waals surface area contributed by atoms with E-state index in [0.717, 1.165) is 19.0 Å². The minimum atomic E-state index is 0.450. The minimum Gasteiger partial charge on any atom is -0.308 e. The number of hydrogen-bond acceptors (Lipinski definition) is 2. The van der Waals surface area contributed by atoms with Gasteiger partial charge in [-0.15, -0.1) is 11.8 Å². The highest BCUT2D eigenvalue weighted by atomic mass is 15.3. The fraction of sp³-hybridized carbons (Fsp3) is 0.867. The van der Waals surface area contributed by atoms with Crippen molar-refractivity contribution in [3.63, 3.8) is 0 Å². The van der Waals surface area contributed by atoms with E-state index in [0.29, 0.717) is 5.54 Å². The van der Waals surface area contributed by atoms with Gasteiger partial charge in [0.05, 0.1) is 0 Å². The highest BCUT2D eigenvalue weighted by Gasteiger charge is 2.40. The molecule has 2 heteroatoms. The Labute approximate surface area is 106 Å². The monoisotopic (exact) mass is 234 g/mol. The van der Waals surface area contributed by atoms with Gasteiger partial charge in [0.15, 0.2) is 0 Å². The van der Waals surface area contributed by atoms with Gasteiger partial charge in [-0.2, -0.15) is 0 Å². The molecule has 2 fully saturated rings. The topological polar surface area (TPSA) is 15.3 Å². The first kappa shape index (κ1) is 12.9. The molecular weight excluding hydrogens is 208 g/mol. The standard InChI is InChI=1S/C15H26N2/c1-3-5-8-11-17-13-15(9-6-7-10-15)16-12-14(17)4-2/h14,16H,4,6-13H2,1-2H3. The van der Waals surface area contributed by atoms with Crippen molar-refractivity contribution < 1.29 is 0 Å². The molecular formula is C15H26N2. The second kappa shape index (κ2) is 5.89. The number of hydrogen-bond donors (Lipinski definition) is 1. The van der Waals surface area contributed by atoms with Crippen molar-refractivity contribution in [2.45, 2.75) is 64.0 Å². The van der Waals surface area contributed by atoms with E-state index in [1.807, 2.05) is 6.92 Å². The molecule has 1 saturated carbocycles. The summed E-state index contributed by atoms with van der Waals surface area (Å²) in [6, 6.07) is 0.722. The summed E-state index contributed by atoms with van der Waals surface area (Å²) in [7, 11) is 0. The minimum absolute atomic E-state index is 0.450.